The highest BCUT2D eigenvalue weighted by atomic mass is 16.1. The Balaban J connectivity index is 2.69. The van der Waals surface area contributed by atoms with Crippen LogP contribution in [0.4, 0.5) is 11.4 Å². The third kappa shape index (κ3) is 5.34. The van der Waals surface area contributed by atoms with Gasteiger partial charge in [0.2, 0.25) is 5.91 Å². The van der Waals surface area contributed by atoms with E-state index < -0.39 is 0 Å². The lowest BCUT2D eigenvalue weighted by atomic mass is 10.1. The average molecular weight is 248 g/mol. The number of nitrogens with zero attached hydrogens (tertiary/aromatic N) is 1. The van der Waals surface area contributed by atoms with Gasteiger partial charge in [-0.05, 0) is 45.0 Å². The summed E-state index contributed by atoms with van der Waals surface area (Å²) in [5.74, 6) is 0.277. The van der Waals surface area contributed by atoms with Crippen molar-refractivity contribution in [1.29, 1.82) is 0 Å². The van der Waals surface area contributed by atoms with E-state index in [1.165, 1.54) is 6.92 Å². The molecule has 0 heterocycles. The molecule has 1 aromatic rings. The van der Waals surface area contributed by atoms with Crippen LogP contribution in [0.2, 0.25) is 0 Å². The fourth-order valence-electron chi connectivity index (χ4n) is 1.38. The zero-order chi connectivity index (χ0) is 13.8. The minimum Gasteiger partial charge on any atom is -0.370 e. The van der Waals surface area contributed by atoms with E-state index in [1.807, 2.05) is 32.9 Å². The first-order valence-electron chi connectivity index (χ1n) is 5.76. The van der Waals surface area contributed by atoms with Crippen LogP contribution in [0.1, 0.15) is 27.7 Å². The van der Waals surface area contributed by atoms with Crippen molar-refractivity contribution in [2.75, 3.05) is 10.6 Å². The van der Waals surface area contributed by atoms with Crippen LogP contribution >= 0.6 is 0 Å². The molecular weight excluding hydrogens is 228 g/mol. The van der Waals surface area contributed by atoms with E-state index in [4.69, 9.17) is 5.73 Å². The molecule has 1 aromatic carbocycles. The summed E-state index contributed by atoms with van der Waals surface area (Å²) in [6.07, 6.45) is 0. The Hall–Kier alpha value is -2.04. The zero-order valence-electron chi connectivity index (χ0n) is 11.2. The smallest absolute Gasteiger partial charge is 0.221 e. The summed E-state index contributed by atoms with van der Waals surface area (Å²) in [7, 11) is 0. The molecule has 98 valence electrons. The molecule has 0 aliphatic rings. The van der Waals surface area contributed by atoms with Gasteiger partial charge in [-0.25, -0.2) is 4.99 Å². The standard InChI is InChI=1S/C13H20N4O/c1-9(18)15-10-5-7-11(8-6-10)16-12(14)17-13(2,3)4/h5-8H,1-4H3,(H,15,18)(H3,14,16,17). The fourth-order valence-corrected chi connectivity index (χ4v) is 1.38. The highest BCUT2D eigenvalue weighted by molar-refractivity contribution is 5.93. The van der Waals surface area contributed by atoms with Crippen LogP contribution in [0.25, 0.3) is 0 Å². The molecule has 0 radical (unpaired) electrons. The van der Waals surface area contributed by atoms with Crippen LogP contribution in [-0.2, 0) is 4.79 Å². The second-order valence-electron chi connectivity index (χ2n) is 5.05. The zero-order valence-corrected chi connectivity index (χ0v) is 11.2. The largest absolute Gasteiger partial charge is 0.370 e. The van der Waals surface area contributed by atoms with Crippen LogP contribution in [-0.4, -0.2) is 17.4 Å². The normalized spacial score (nSPS) is 12.1. The van der Waals surface area contributed by atoms with E-state index in [0.717, 1.165) is 11.4 Å². The van der Waals surface area contributed by atoms with Gasteiger partial charge in [0.15, 0.2) is 5.96 Å². The first-order valence-corrected chi connectivity index (χ1v) is 5.76. The number of nitrogens with one attached hydrogen (secondary N) is 2. The summed E-state index contributed by atoms with van der Waals surface area (Å²) in [5, 5.41) is 5.69. The summed E-state index contributed by atoms with van der Waals surface area (Å²) in [4.78, 5) is 15.2. The molecule has 5 nitrogen and oxygen atoms in total. The van der Waals surface area contributed by atoms with Gasteiger partial charge in [-0.2, -0.15) is 0 Å². The average Bonchev–Trinajstić information content (AvgIpc) is 2.17. The lowest BCUT2D eigenvalue weighted by Crippen LogP contribution is -2.27. The number of guanidine groups is 1. The number of anilines is 2. The summed E-state index contributed by atoms with van der Waals surface area (Å²) in [6.45, 7) is 7.39. The number of carbonyl (C=O) groups excluding carboxylic acids is 1. The fraction of sp³-hybridized carbons (Fsp3) is 0.385. The Morgan fingerprint density at radius 3 is 1.94 bits per heavy atom. The van der Waals surface area contributed by atoms with Gasteiger partial charge in [-0.1, -0.05) is 0 Å². The number of rotatable bonds is 2. The number of carbonyl (C=O) groups is 1. The summed E-state index contributed by atoms with van der Waals surface area (Å²) in [5.41, 5.74) is 7.14. The van der Waals surface area contributed by atoms with Crippen LogP contribution in [0.3, 0.4) is 0 Å². The molecule has 0 aliphatic carbocycles. The second-order valence-corrected chi connectivity index (χ2v) is 5.05. The van der Waals surface area contributed by atoms with E-state index in [-0.39, 0.29) is 11.4 Å². The third-order valence-electron chi connectivity index (χ3n) is 1.93. The van der Waals surface area contributed by atoms with Crippen molar-refractivity contribution in [3.63, 3.8) is 0 Å². The van der Waals surface area contributed by atoms with Crippen LogP contribution in [0.5, 0.6) is 0 Å². The number of aliphatic imine (C=N–C) groups is 1. The molecule has 0 bridgehead atoms. The van der Waals surface area contributed by atoms with Crippen LogP contribution in [0, 0.1) is 0 Å². The molecule has 0 unspecified atom stereocenters. The maximum atomic E-state index is 10.9. The Labute approximate surface area is 107 Å². The SMILES string of the molecule is CC(=O)Nc1ccc(NC(N)=NC(C)(C)C)cc1. The minimum atomic E-state index is -0.215. The maximum Gasteiger partial charge on any atom is 0.221 e. The van der Waals surface area contributed by atoms with Gasteiger partial charge < -0.3 is 16.4 Å². The number of hydrogen-bond acceptors (Lipinski definition) is 2. The highest BCUT2D eigenvalue weighted by Crippen LogP contribution is 2.14. The monoisotopic (exact) mass is 248 g/mol. The van der Waals surface area contributed by atoms with Crippen molar-refractivity contribution < 1.29 is 4.79 Å². The Bertz CT molecular complexity index is 443. The third-order valence-corrected chi connectivity index (χ3v) is 1.93. The molecule has 0 atom stereocenters. The molecule has 0 saturated heterocycles. The van der Waals surface area contributed by atoms with Crippen molar-refractivity contribution in [2.24, 2.45) is 10.7 Å². The Kier molecular flexibility index (Phi) is 4.31. The van der Waals surface area contributed by atoms with Crippen molar-refractivity contribution in [1.82, 2.24) is 0 Å². The number of benzene rings is 1. The molecule has 4 N–H and O–H groups in total. The molecule has 0 aromatic heterocycles. The van der Waals surface area contributed by atoms with Gasteiger partial charge in [0.1, 0.15) is 0 Å². The first-order chi connectivity index (χ1) is 8.26. The predicted molar refractivity (Wildman–Crippen MR) is 75.7 cm³/mol. The van der Waals surface area contributed by atoms with Crippen LogP contribution < -0.4 is 16.4 Å². The van der Waals surface area contributed by atoms with E-state index in [1.54, 1.807) is 12.1 Å². The summed E-state index contributed by atoms with van der Waals surface area (Å²) < 4.78 is 0. The van der Waals surface area contributed by atoms with Gasteiger partial charge in [0.25, 0.3) is 0 Å². The van der Waals surface area contributed by atoms with E-state index in [0.29, 0.717) is 5.96 Å². The van der Waals surface area contributed by atoms with Crippen molar-refractivity contribution >= 4 is 23.2 Å². The van der Waals surface area contributed by atoms with E-state index >= 15 is 0 Å². The molecule has 0 spiro atoms. The predicted octanol–water partition coefficient (Wildman–Crippen LogP) is 2.17. The lowest BCUT2D eigenvalue weighted by molar-refractivity contribution is -0.114. The van der Waals surface area contributed by atoms with E-state index in [9.17, 15) is 4.79 Å². The van der Waals surface area contributed by atoms with Crippen molar-refractivity contribution in [3.05, 3.63) is 24.3 Å². The Morgan fingerprint density at radius 2 is 1.56 bits per heavy atom. The number of nitrogens with two attached hydrogens (primary N) is 1. The highest BCUT2D eigenvalue weighted by Gasteiger charge is 2.08. The minimum absolute atomic E-state index is 0.0930. The molecule has 1 rings (SSSR count). The molecule has 0 fully saturated rings. The summed E-state index contributed by atoms with van der Waals surface area (Å²) in [6, 6.07) is 7.26. The van der Waals surface area contributed by atoms with Gasteiger partial charge in [-0.3, -0.25) is 4.79 Å². The summed E-state index contributed by atoms with van der Waals surface area (Å²) >= 11 is 0. The molecule has 1 amide bonds. The van der Waals surface area contributed by atoms with Gasteiger partial charge in [0.05, 0.1) is 5.54 Å². The molecule has 5 heteroatoms. The van der Waals surface area contributed by atoms with E-state index in [2.05, 4.69) is 15.6 Å². The number of amides is 1. The van der Waals surface area contributed by atoms with Crippen molar-refractivity contribution in [3.8, 4) is 0 Å². The molecule has 18 heavy (non-hydrogen) atoms. The van der Waals surface area contributed by atoms with Gasteiger partial charge in [-0.15, -0.1) is 0 Å². The molecule has 0 saturated carbocycles. The first kappa shape index (κ1) is 14.0. The Morgan fingerprint density at radius 1 is 1.11 bits per heavy atom. The maximum absolute atomic E-state index is 10.9. The molecule has 0 aliphatic heterocycles. The molecular formula is C13H20N4O. The second kappa shape index (κ2) is 5.53. The van der Waals surface area contributed by atoms with Gasteiger partial charge in [0, 0.05) is 18.3 Å². The van der Waals surface area contributed by atoms with Crippen molar-refractivity contribution in [2.45, 2.75) is 33.2 Å². The topological polar surface area (TPSA) is 79.5 Å². The quantitative estimate of drug-likeness (QED) is 0.554. The number of hydrogen-bond donors (Lipinski definition) is 3. The lowest BCUT2D eigenvalue weighted by Gasteiger charge is -2.14. The van der Waals surface area contributed by atoms with Gasteiger partial charge >= 0.3 is 0 Å². The van der Waals surface area contributed by atoms with Crippen LogP contribution in [0.15, 0.2) is 29.3 Å².